The second-order valence-corrected chi connectivity index (χ2v) is 16.4. The third kappa shape index (κ3) is 5.49. The van der Waals surface area contributed by atoms with Crippen molar-refractivity contribution in [1.29, 1.82) is 0 Å². The molecular formula is C54H37BN4S. The van der Waals surface area contributed by atoms with Gasteiger partial charge in [-0.15, -0.1) is 0 Å². The Morgan fingerprint density at radius 3 is 1.52 bits per heavy atom. The van der Waals surface area contributed by atoms with Crippen LogP contribution in [0.15, 0.2) is 234 Å². The van der Waals surface area contributed by atoms with Crippen LogP contribution in [-0.2, 0) is 0 Å². The molecule has 6 heteroatoms. The second kappa shape index (κ2) is 14.2. The van der Waals surface area contributed by atoms with Gasteiger partial charge in [-0.3, -0.25) is 0 Å². The zero-order chi connectivity index (χ0) is 39.6. The van der Waals surface area contributed by atoms with Gasteiger partial charge >= 0.3 is 6.85 Å². The van der Waals surface area contributed by atoms with Gasteiger partial charge in [-0.1, -0.05) is 127 Å². The van der Waals surface area contributed by atoms with Gasteiger partial charge in [0.1, 0.15) is 0 Å². The number of nitrogens with zero attached hydrogens (tertiary/aromatic N) is 4. The average molecular weight is 785 g/mol. The highest BCUT2D eigenvalue weighted by atomic mass is 32.2. The zero-order valence-electron chi connectivity index (χ0n) is 32.6. The SMILES string of the molecule is c1ccc(N(c2ccccc2)c2ccc3c(c2)B2c4c(cc(N(c5ccccc5)c5ccccc5)cc4N3c3ccccc3)-c3cccc4c3N2c2ccccc2S4)cc1. The van der Waals surface area contributed by atoms with Gasteiger partial charge in [-0.25, -0.2) is 0 Å². The molecule has 0 amide bonds. The van der Waals surface area contributed by atoms with Crippen molar-refractivity contribution in [1.82, 2.24) is 0 Å². The van der Waals surface area contributed by atoms with E-state index in [2.05, 4.69) is 244 Å². The van der Waals surface area contributed by atoms with Gasteiger partial charge in [0.15, 0.2) is 0 Å². The van der Waals surface area contributed by atoms with E-state index in [0.29, 0.717) is 0 Å². The van der Waals surface area contributed by atoms with E-state index >= 15 is 0 Å². The lowest BCUT2D eigenvalue weighted by atomic mass is 9.43. The van der Waals surface area contributed by atoms with E-state index in [-0.39, 0.29) is 6.85 Å². The molecule has 3 heterocycles. The Kier molecular flexibility index (Phi) is 8.17. The van der Waals surface area contributed by atoms with Crippen LogP contribution in [0.5, 0.6) is 0 Å². The predicted octanol–water partition coefficient (Wildman–Crippen LogP) is 13.8. The summed E-state index contributed by atoms with van der Waals surface area (Å²) in [6, 6.07) is 81.6. The van der Waals surface area contributed by atoms with Crippen molar-refractivity contribution in [3.63, 3.8) is 0 Å². The summed E-state index contributed by atoms with van der Waals surface area (Å²) < 4.78 is 0. The minimum Gasteiger partial charge on any atom is -0.374 e. The number of fused-ring (bicyclic) bond motifs is 6. The summed E-state index contributed by atoms with van der Waals surface area (Å²) in [6.07, 6.45) is 0. The average Bonchev–Trinajstić information content (AvgIpc) is 3.32. The van der Waals surface area contributed by atoms with Gasteiger partial charge in [0, 0.05) is 72.2 Å². The molecule has 0 saturated carbocycles. The first kappa shape index (κ1) is 34.6. The minimum atomic E-state index is -0.120. The Bertz CT molecular complexity index is 2960. The number of rotatable bonds is 7. The number of para-hydroxylation sites is 7. The lowest BCUT2D eigenvalue weighted by Gasteiger charge is -2.48. The van der Waals surface area contributed by atoms with Crippen molar-refractivity contribution in [2.24, 2.45) is 0 Å². The smallest absolute Gasteiger partial charge is 0.333 e. The van der Waals surface area contributed by atoms with Crippen LogP contribution in [0.25, 0.3) is 11.1 Å². The van der Waals surface area contributed by atoms with Crippen LogP contribution in [-0.4, -0.2) is 6.85 Å². The molecule has 282 valence electrons. The molecule has 0 N–H and O–H groups in total. The first-order chi connectivity index (χ1) is 29.8. The molecule has 9 aromatic carbocycles. The van der Waals surface area contributed by atoms with E-state index in [9.17, 15) is 0 Å². The Hall–Kier alpha value is -7.41. The third-order valence-corrected chi connectivity index (χ3v) is 13.0. The van der Waals surface area contributed by atoms with Crippen LogP contribution in [0.4, 0.5) is 62.6 Å². The molecule has 12 rings (SSSR count). The summed E-state index contributed by atoms with van der Waals surface area (Å²) in [4.78, 5) is 12.5. The molecular weight excluding hydrogens is 748 g/mol. The number of hydrogen-bond donors (Lipinski definition) is 0. The lowest BCUT2D eigenvalue weighted by molar-refractivity contribution is 1.19. The maximum atomic E-state index is 2.65. The van der Waals surface area contributed by atoms with Crippen LogP contribution in [0.1, 0.15) is 0 Å². The van der Waals surface area contributed by atoms with Crippen LogP contribution in [0.2, 0.25) is 0 Å². The Morgan fingerprint density at radius 1 is 0.367 bits per heavy atom. The molecule has 60 heavy (non-hydrogen) atoms. The topological polar surface area (TPSA) is 13.0 Å². The van der Waals surface area contributed by atoms with E-state index in [1.807, 2.05) is 11.8 Å². The van der Waals surface area contributed by atoms with E-state index in [0.717, 1.165) is 45.5 Å². The fourth-order valence-corrected chi connectivity index (χ4v) is 10.6. The fraction of sp³-hybridized carbons (Fsp3) is 0. The summed E-state index contributed by atoms with van der Waals surface area (Å²) in [5.41, 5.74) is 17.6. The van der Waals surface area contributed by atoms with Crippen LogP contribution >= 0.6 is 11.8 Å². The normalized spacial score (nSPS) is 12.8. The van der Waals surface area contributed by atoms with E-state index in [4.69, 9.17) is 0 Å². The molecule has 9 aromatic rings. The van der Waals surface area contributed by atoms with Crippen LogP contribution in [0.3, 0.4) is 0 Å². The fourth-order valence-electron chi connectivity index (χ4n) is 9.48. The Morgan fingerprint density at radius 2 is 0.900 bits per heavy atom. The van der Waals surface area contributed by atoms with Crippen molar-refractivity contribution < 1.29 is 0 Å². The molecule has 0 bridgehead atoms. The monoisotopic (exact) mass is 784 g/mol. The molecule has 0 fully saturated rings. The molecule has 3 aliphatic rings. The highest BCUT2D eigenvalue weighted by Crippen LogP contribution is 2.56. The van der Waals surface area contributed by atoms with Gasteiger partial charge in [-0.2, -0.15) is 0 Å². The highest BCUT2D eigenvalue weighted by molar-refractivity contribution is 7.99. The Labute approximate surface area is 355 Å². The standard InChI is InChI=1S/C54H37BN4S/c1-6-19-38(20-7-1)56(39-21-8-2-9-22-39)43-33-34-48-47(36-43)55-53-46(45-29-18-32-52-54(45)59(55)49-30-16-17-31-51(49)60-52)35-44(37-50(53)58(48)42-27-14-5-15-28-42)57(40-23-10-3-11-24-40)41-25-12-4-13-26-41/h1-37H. The van der Waals surface area contributed by atoms with Gasteiger partial charge in [-0.05, 0) is 126 Å². The molecule has 3 aliphatic heterocycles. The molecule has 0 saturated heterocycles. The van der Waals surface area contributed by atoms with Gasteiger partial charge in [0.2, 0.25) is 0 Å². The first-order valence-corrected chi connectivity index (χ1v) is 21.3. The first-order valence-electron chi connectivity index (χ1n) is 20.5. The van der Waals surface area contributed by atoms with Gasteiger partial charge in [0.25, 0.3) is 0 Å². The van der Waals surface area contributed by atoms with Crippen molar-refractivity contribution >= 4 is 92.1 Å². The lowest BCUT2D eigenvalue weighted by Crippen LogP contribution is -2.62. The Balaban J connectivity index is 1.18. The van der Waals surface area contributed by atoms with Crippen molar-refractivity contribution in [3.05, 3.63) is 224 Å². The molecule has 4 nitrogen and oxygen atoms in total. The van der Waals surface area contributed by atoms with E-state index in [1.165, 1.54) is 48.9 Å². The van der Waals surface area contributed by atoms with Gasteiger partial charge in [0.05, 0.1) is 5.69 Å². The van der Waals surface area contributed by atoms with E-state index < -0.39 is 0 Å². The summed E-state index contributed by atoms with van der Waals surface area (Å²) in [5, 5.41) is 0. The number of anilines is 11. The summed E-state index contributed by atoms with van der Waals surface area (Å²) in [5.74, 6) is 0. The van der Waals surface area contributed by atoms with Crippen molar-refractivity contribution in [2.75, 3.05) is 19.5 Å². The van der Waals surface area contributed by atoms with Crippen LogP contribution < -0.4 is 30.4 Å². The maximum absolute atomic E-state index is 2.65. The maximum Gasteiger partial charge on any atom is 0.333 e. The van der Waals surface area contributed by atoms with Crippen molar-refractivity contribution in [2.45, 2.75) is 9.79 Å². The molecule has 0 radical (unpaired) electrons. The van der Waals surface area contributed by atoms with Gasteiger partial charge < -0.3 is 19.5 Å². The number of benzene rings is 9. The molecule has 0 aromatic heterocycles. The summed E-state index contributed by atoms with van der Waals surface area (Å²) in [6.45, 7) is -0.120. The number of hydrogen-bond acceptors (Lipinski definition) is 5. The largest absolute Gasteiger partial charge is 0.374 e. The summed E-state index contributed by atoms with van der Waals surface area (Å²) in [7, 11) is 0. The zero-order valence-corrected chi connectivity index (χ0v) is 33.5. The molecule has 0 aliphatic carbocycles. The molecule has 0 spiro atoms. The van der Waals surface area contributed by atoms with Crippen LogP contribution in [0, 0.1) is 0 Å². The molecule has 0 atom stereocenters. The van der Waals surface area contributed by atoms with Crippen molar-refractivity contribution in [3.8, 4) is 11.1 Å². The predicted molar refractivity (Wildman–Crippen MR) is 254 cm³/mol. The third-order valence-electron chi connectivity index (χ3n) is 11.9. The second-order valence-electron chi connectivity index (χ2n) is 15.3. The minimum absolute atomic E-state index is 0.120. The quantitative estimate of drug-likeness (QED) is 0.149. The van der Waals surface area contributed by atoms with E-state index in [1.54, 1.807) is 0 Å². The molecule has 0 unspecified atom stereocenters. The summed E-state index contributed by atoms with van der Waals surface area (Å²) >= 11 is 1.87. The highest BCUT2D eigenvalue weighted by Gasteiger charge is 2.48.